The fourth-order valence-corrected chi connectivity index (χ4v) is 5.26. The highest BCUT2D eigenvalue weighted by Crippen LogP contribution is 2.30. The first-order valence-electron chi connectivity index (χ1n) is 10.7. The number of benzene rings is 2. The Hall–Kier alpha value is -2.80. The SMILES string of the molecule is Cc1nc(-c2ccc(Cl)cc2)sc1C(=O)N1CCN(Cc2cccc3cccnc23)CC1. The lowest BCUT2D eigenvalue weighted by Gasteiger charge is -2.34. The van der Waals surface area contributed by atoms with E-state index in [-0.39, 0.29) is 5.91 Å². The molecule has 1 amide bonds. The summed E-state index contributed by atoms with van der Waals surface area (Å²) in [5.74, 6) is 0.0756. The topological polar surface area (TPSA) is 49.3 Å². The number of rotatable bonds is 4. The van der Waals surface area contributed by atoms with Gasteiger partial charge in [-0.05, 0) is 30.7 Å². The molecule has 32 heavy (non-hydrogen) atoms. The maximum Gasteiger partial charge on any atom is 0.265 e. The van der Waals surface area contributed by atoms with Gasteiger partial charge in [-0.3, -0.25) is 14.7 Å². The van der Waals surface area contributed by atoms with Gasteiger partial charge in [0.15, 0.2) is 0 Å². The van der Waals surface area contributed by atoms with Crippen molar-refractivity contribution < 1.29 is 4.79 Å². The van der Waals surface area contributed by atoms with E-state index < -0.39 is 0 Å². The highest BCUT2D eigenvalue weighted by atomic mass is 35.5. The van der Waals surface area contributed by atoms with E-state index in [0.717, 1.165) is 51.7 Å². The Balaban J connectivity index is 1.25. The number of pyridine rings is 1. The van der Waals surface area contributed by atoms with Crippen LogP contribution >= 0.6 is 22.9 Å². The smallest absolute Gasteiger partial charge is 0.265 e. The first-order valence-corrected chi connectivity index (χ1v) is 11.9. The van der Waals surface area contributed by atoms with Gasteiger partial charge in [0, 0.05) is 54.9 Å². The number of piperazine rings is 1. The van der Waals surface area contributed by atoms with Gasteiger partial charge in [-0.2, -0.15) is 0 Å². The van der Waals surface area contributed by atoms with Crippen LogP contribution in [0.25, 0.3) is 21.5 Å². The predicted octanol–water partition coefficient (Wildman–Crippen LogP) is 5.28. The van der Waals surface area contributed by atoms with Crippen molar-refractivity contribution in [2.24, 2.45) is 0 Å². The Morgan fingerprint density at radius 1 is 1.03 bits per heavy atom. The molecule has 1 fully saturated rings. The Bertz CT molecular complexity index is 1260. The highest BCUT2D eigenvalue weighted by Gasteiger charge is 2.26. The summed E-state index contributed by atoms with van der Waals surface area (Å²) >= 11 is 7.45. The molecule has 0 unspecified atom stereocenters. The number of hydrogen-bond donors (Lipinski definition) is 0. The first-order chi connectivity index (χ1) is 15.6. The molecule has 5 rings (SSSR count). The van der Waals surface area contributed by atoms with Crippen LogP contribution in [0.3, 0.4) is 0 Å². The minimum Gasteiger partial charge on any atom is -0.335 e. The summed E-state index contributed by atoms with van der Waals surface area (Å²) in [6, 6.07) is 18.0. The maximum absolute atomic E-state index is 13.2. The van der Waals surface area contributed by atoms with Crippen molar-refractivity contribution in [1.82, 2.24) is 19.8 Å². The molecular weight excluding hydrogens is 440 g/mol. The second-order valence-electron chi connectivity index (χ2n) is 8.00. The lowest BCUT2D eigenvalue weighted by atomic mass is 10.1. The molecule has 0 radical (unpaired) electrons. The molecule has 7 heteroatoms. The van der Waals surface area contributed by atoms with Crippen LogP contribution < -0.4 is 0 Å². The zero-order valence-electron chi connectivity index (χ0n) is 17.8. The van der Waals surface area contributed by atoms with Gasteiger partial charge in [0.1, 0.15) is 9.88 Å². The summed E-state index contributed by atoms with van der Waals surface area (Å²) in [7, 11) is 0. The summed E-state index contributed by atoms with van der Waals surface area (Å²) in [6.07, 6.45) is 1.85. The summed E-state index contributed by atoms with van der Waals surface area (Å²) in [5, 5.41) is 2.70. The van der Waals surface area contributed by atoms with Gasteiger partial charge in [-0.15, -0.1) is 11.3 Å². The average Bonchev–Trinajstić information content (AvgIpc) is 3.21. The first kappa shape index (κ1) is 21.1. The molecule has 1 saturated heterocycles. The van der Waals surface area contributed by atoms with Crippen LogP contribution in [0.2, 0.25) is 5.02 Å². The van der Waals surface area contributed by atoms with Crippen LogP contribution in [-0.2, 0) is 6.54 Å². The van der Waals surface area contributed by atoms with E-state index in [9.17, 15) is 4.79 Å². The van der Waals surface area contributed by atoms with E-state index in [2.05, 4.69) is 39.1 Å². The number of thiazole rings is 1. The van der Waals surface area contributed by atoms with Crippen LogP contribution in [0.5, 0.6) is 0 Å². The number of hydrogen-bond acceptors (Lipinski definition) is 5. The quantitative estimate of drug-likeness (QED) is 0.414. The van der Waals surface area contributed by atoms with Crippen LogP contribution in [0.1, 0.15) is 20.9 Å². The van der Waals surface area contributed by atoms with Gasteiger partial charge in [-0.1, -0.05) is 48.0 Å². The fourth-order valence-electron chi connectivity index (χ4n) is 4.10. The molecule has 0 N–H and O–H groups in total. The van der Waals surface area contributed by atoms with Gasteiger partial charge in [0.25, 0.3) is 5.91 Å². The summed E-state index contributed by atoms with van der Waals surface area (Å²) in [6.45, 7) is 5.87. The Labute approximate surface area is 196 Å². The standard InChI is InChI=1S/C25H23ClN4OS/c1-17-23(32-24(28-17)19-7-9-21(26)10-8-19)25(31)30-14-12-29(13-15-30)16-20-5-2-4-18-6-3-11-27-22(18)20/h2-11H,12-16H2,1H3. The number of carbonyl (C=O) groups is 1. The number of aromatic nitrogens is 2. The number of halogens is 1. The van der Waals surface area contributed by atoms with Gasteiger partial charge >= 0.3 is 0 Å². The van der Waals surface area contributed by atoms with Crippen LogP contribution in [-0.4, -0.2) is 51.9 Å². The number of aryl methyl sites for hydroxylation is 1. The van der Waals surface area contributed by atoms with Crippen molar-refractivity contribution in [3.63, 3.8) is 0 Å². The van der Waals surface area contributed by atoms with Gasteiger partial charge in [0.05, 0.1) is 11.2 Å². The summed E-state index contributed by atoms with van der Waals surface area (Å²) in [5.41, 5.74) is 4.06. The van der Waals surface area contributed by atoms with E-state index >= 15 is 0 Å². The van der Waals surface area contributed by atoms with Crippen molar-refractivity contribution in [1.29, 1.82) is 0 Å². The second kappa shape index (κ2) is 8.98. The number of carbonyl (C=O) groups excluding carboxylic acids is 1. The molecular formula is C25H23ClN4OS. The third kappa shape index (κ3) is 4.26. The van der Waals surface area contributed by atoms with Crippen molar-refractivity contribution in [2.45, 2.75) is 13.5 Å². The molecule has 0 saturated carbocycles. The second-order valence-corrected chi connectivity index (χ2v) is 9.44. The highest BCUT2D eigenvalue weighted by molar-refractivity contribution is 7.17. The Kier molecular flexibility index (Phi) is 5.91. The fraction of sp³-hybridized carbons (Fsp3) is 0.240. The monoisotopic (exact) mass is 462 g/mol. The lowest BCUT2D eigenvalue weighted by molar-refractivity contribution is 0.0632. The van der Waals surface area contributed by atoms with E-state index in [1.165, 1.54) is 16.9 Å². The predicted molar refractivity (Wildman–Crippen MR) is 130 cm³/mol. The zero-order valence-corrected chi connectivity index (χ0v) is 19.4. The van der Waals surface area contributed by atoms with E-state index in [1.54, 1.807) is 0 Å². The molecule has 162 valence electrons. The van der Waals surface area contributed by atoms with Crippen LogP contribution in [0.15, 0.2) is 60.8 Å². The van der Waals surface area contributed by atoms with Crippen molar-refractivity contribution in [3.05, 3.63) is 82.0 Å². The normalized spacial score (nSPS) is 14.8. The van der Waals surface area contributed by atoms with Crippen LogP contribution in [0.4, 0.5) is 0 Å². The van der Waals surface area contributed by atoms with Crippen LogP contribution in [0, 0.1) is 6.92 Å². The molecule has 1 aliphatic rings. The molecule has 1 aliphatic heterocycles. The van der Waals surface area contributed by atoms with Crippen molar-refractivity contribution in [2.75, 3.05) is 26.2 Å². The van der Waals surface area contributed by atoms with E-state index in [4.69, 9.17) is 11.6 Å². The molecule has 0 spiro atoms. The molecule has 5 nitrogen and oxygen atoms in total. The van der Waals surface area contributed by atoms with Gasteiger partial charge in [0.2, 0.25) is 0 Å². The Morgan fingerprint density at radius 3 is 2.56 bits per heavy atom. The molecule has 4 aromatic rings. The average molecular weight is 463 g/mol. The molecule has 2 aromatic carbocycles. The molecule has 0 aliphatic carbocycles. The van der Waals surface area contributed by atoms with E-state index in [1.807, 2.05) is 48.4 Å². The van der Waals surface area contributed by atoms with Gasteiger partial charge in [-0.25, -0.2) is 4.98 Å². The zero-order chi connectivity index (χ0) is 22.1. The van der Waals surface area contributed by atoms with E-state index in [0.29, 0.717) is 18.1 Å². The number of nitrogens with zero attached hydrogens (tertiary/aromatic N) is 4. The largest absolute Gasteiger partial charge is 0.335 e. The number of fused-ring (bicyclic) bond motifs is 1. The number of para-hydroxylation sites is 1. The summed E-state index contributed by atoms with van der Waals surface area (Å²) < 4.78 is 0. The molecule has 0 bridgehead atoms. The lowest BCUT2D eigenvalue weighted by Crippen LogP contribution is -2.48. The molecule has 2 aromatic heterocycles. The van der Waals surface area contributed by atoms with Crippen molar-refractivity contribution in [3.8, 4) is 10.6 Å². The molecule has 0 atom stereocenters. The van der Waals surface area contributed by atoms with Crippen molar-refractivity contribution >= 4 is 39.7 Å². The third-order valence-electron chi connectivity index (χ3n) is 5.85. The third-order valence-corrected chi connectivity index (χ3v) is 7.30. The maximum atomic E-state index is 13.2. The number of amides is 1. The molecule has 3 heterocycles. The van der Waals surface area contributed by atoms with Gasteiger partial charge < -0.3 is 4.90 Å². The Morgan fingerprint density at radius 2 is 1.78 bits per heavy atom. The minimum atomic E-state index is 0.0756. The minimum absolute atomic E-state index is 0.0756. The summed E-state index contributed by atoms with van der Waals surface area (Å²) in [4.78, 5) is 27.5.